The van der Waals surface area contributed by atoms with Gasteiger partial charge in [0.2, 0.25) is 0 Å². The van der Waals surface area contributed by atoms with Crippen LogP contribution in [0, 0.1) is 35.6 Å². The quantitative estimate of drug-likeness (QED) is 0.479. The van der Waals surface area contributed by atoms with Gasteiger partial charge in [0, 0.05) is 0 Å². The van der Waals surface area contributed by atoms with Gasteiger partial charge in [0.05, 0.1) is 0 Å². The van der Waals surface area contributed by atoms with E-state index in [0.717, 1.165) is 0 Å². The Labute approximate surface area is 115 Å². The van der Waals surface area contributed by atoms with Crippen LogP contribution in [0.2, 0.25) is 0 Å². The first kappa shape index (κ1) is 186. The average molecular weight is 400 g/mol. The minimum atomic E-state index is 0. The molecule has 0 unspecified atom stereocenters. The molecule has 0 aliphatic rings. The van der Waals surface area contributed by atoms with E-state index < -0.39 is 0 Å². The molecular formula is CrCuLaO5Zn. The molecular weight excluding hydrogens is 400 g/mol. The smallest absolute Gasteiger partial charge is 2.00 e. The molecule has 0 aromatic rings. The largest absolute Gasteiger partial charge is 3.00 e. The summed E-state index contributed by atoms with van der Waals surface area (Å²) < 4.78 is 0. The summed E-state index contributed by atoms with van der Waals surface area (Å²) in [5.74, 6) is 0. The van der Waals surface area contributed by atoms with Crippen molar-refractivity contribution in [1.82, 2.24) is 0 Å². The predicted octanol–water partition coefficient (Wildman–Crippen LogP) is -0.601. The molecule has 52 valence electrons. The van der Waals surface area contributed by atoms with E-state index in [1.165, 1.54) is 0 Å². The maximum absolute atomic E-state index is 0. The standard InChI is InChI=1S/Cr.Cu.La.5O.Zn/q+3;+2;+3;5*-2;+2. The van der Waals surface area contributed by atoms with Crippen molar-refractivity contribution in [3.8, 4) is 0 Å². The van der Waals surface area contributed by atoms with E-state index in [1.54, 1.807) is 0 Å². The summed E-state index contributed by atoms with van der Waals surface area (Å²) >= 11 is 0. The van der Waals surface area contributed by atoms with Crippen molar-refractivity contribution in [2.75, 3.05) is 0 Å². The monoisotopic (exact) mass is 398 g/mol. The second kappa shape index (κ2) is 140. The molecule has 0 amide bonds. The molecule has 0 atom stereocenters. The van der Waals surface area contributed by atoms with Crippen LogP contribution in [0.4, 0.5) is 0 Å². The fraction of sp³-hybridized carbons (Fsp3) is 0. The maximum Gasteiger partial charge on any atom is 3.00 e. The fourth-order valence-electron chi connectivity index (χ4n) is 0. The van der Waals surface area contributed by atoms with Crippen molar-refractivity contribution in [1.29, 1.82) is 0 Å². The van der Waals surface area contributed by atoms with Gasteiger partial charge in [-0.1, -0.05) is 0 Å². The molecule has 0 rings (SSSR count). The van der Waals surface area contributed by atoms with E-state index in [-0.39, 0.29) is 117 Å². The SMILES string of the molecule is [Cr+3].[Cu+2].[La+3].[O-2].[O-2].[O-2].[O-2].[O-2].[Zn+2]. The Balaban J connectivity index is 0. The molecule has 9 heavy (non-hydrogen) atoms. The van der Waals surface area contributed by atoms with E-state index >= 15 is 0 Å². The summed E-state index contributed by atoms with van der Waals surface area (Å²) in [5.41, 5.74) is 0. The van der Waals surface area contributed by atoms with Crippen LogP contribution >= 0.6 is 0 Å². The van der Waals surface area contributed by atoms with Crippen molar-refractivity contribution in [2.45, 2.75) is 0 Å². The third-order valence-corrected chi connectivity index (χ3v) is 0. The summed E-state index contributed by atoms with van der Waals surface area (Å²) in [4.78, 5) is 0. The third-order valence-electron chi connectivity index (χ3n) is 0. The molecule has 5 nitrogen and oxygen atoms in total. The van der Waals surface area contributed by atoms with Gasteiger partial charge in [0.15, 0.2) is 0 Å². The van der Waals surface area contributed by atoms with Gasteiger partial charge in [0.1, 0.15) is 0 Å². The topological polar surface area (TPSA) is 142 Å². The van der Waals surface area contributed by atoms with Crippen LogP contribution in [0.1, 0.15) is 0 Å². The van der Waals surface area contributed by atoms with Crippen molar-refractivity contribution >= 4 is 0 Å². The minimum Gasteiger partial charge on any atom is -2.00 e. The zero-order chi connectivity index (χ0) is 0. The zero-order valence-electron chi connectivity index (χ0n) is 4.04. The van der Waals surface area contributed by atoms with Gasteiger partial charge in [-0.15, -0.1) is 0 Å². The molecule has 2 radical (unpaired) electrons. The van der Waals surface area contributed by atoms with E-state index in [0.29, 0.717) is 0 Å². The van der Waals surface area contributed by atoms with Gasteiger partial charge in [-0.2, -0.15) is 0 Å². The van der Waals surface area contributed by atoms with Crippen molar-refractivity contribution in [2.24, 2.45) is 0 Å². The Morgan fingerprint density at radius 1 is 0.556 bits per heavy atom. The average Bonchev–Trinajstić information content (AvgIpc) is 0. The number of hydrogen-bond donors (Lipinski definition) is 0. The summed E-state index contributed by atoms with van der Waals surface area (Å²) in [6, 6.07) is 0. The van der Waals surface area contributed by atoms with Crippen LogP contribution in [0.5, 0.6) is 0 Å². The van der Waals surface area contributed by atoms with E-state index in [9.17, 15) is 0 Å². The first-order valence-electron chi connectivity index (χ1n) is 0. The number of rotatable bonds is 0. The predicted molar refractivity (Wildman–Crippen MR) is 3.43 cm³/mol. The Kier molecular flexibility index (Phi) is 2900. The van der Waals surface area contributed by atoms with Crippen molar-refractivity contribution in [3.63, 3.8) is 0 Å². The summed E-state index contributed by atoms with van der Waals surface area (Å²) in [6.07, 6.45) is 0. The number of hydrogen-bond acceptors (Lipinski definition) is 0. The Bertz CT molecular complexity index is 16.9. The van der Waals surface area contributed by atoms with Gasteiger partial charge in [0.25, 0.3) is 0 Å². The van der Waals surface area contributed by atoms with Gasteiger partial charge in [-0.25, -0.2) is 0 Å². The molecule has 0 bridgehead atoms. The van der Waals surface area contributed by atoms with Gasteiger partial charge in [-0.3, -0.25) is 0 Å². The van der Waals surface area contributed by atoms with Crippen LogP contribution in [0.15, 0.2) is 0 Å². The third kappa shape index (κ3) is 113. The van der Waals surface area contributed by atoms with Crippen LogP contribution in [-0.2, 0) is 81.3 Å². The molecule has 0 aliphatic heterocycles. The Morgan fingerprint density at radius 2 is 0.556 bits per heavy atom. The molecule has 0 N–H and O–H groups in total. The van der Waals surface area contributed by atoms with E-state index in [4.69, 9.17) is 0 Å². The summed E-state index contributed by atoms with van der Waals surface area (Å²) in [5, 5.41) is 0. The molecule has 9 heteroatoms. The Hall–Kier alpha value is 2.67. The molecule has 0 aromatic carbocycles. The first-order valence-corrected chi connectivity index (χ1v) is 0. The van der Waals surface area contributed by atoms with Crippen LogP contribution in [0.3, 0.4) is 0 Å². The molecule has 0 aliphatic carbocycles. The zero-order valence-corrected chi connectivity index (χ0v) is 12.8. The van der Waals surface area contributed by atoms with Crippen LogP contribution in [-0.4, -0.2) is 0 Å². The second-order valence-electron chi connectivity index (χ2n) is 0. The van der Waals surface area contributed by atoms with Gasteiger partial charge >= 0.3 is 89.5 Å². The first-order chi connectivity index (χ1) is 0. The molecule has 0 aromatic heterocycles. The van der Waals surface area contributed by atoms with Gasteiger partial charge < -0.3 is 27.4 Å². The van der Waals surface area contributed by atoms with Crippen molar-refractivity contribution < 1.29 is 117 Å². The van der Waals surface area contributed by atoms with Gasteiger partial charge in [-0.05, 0) is 0 Å². The van der Waals surface area contributed by atoms with Crippen molar-refractivity contribution in [3.05, 3.63) is 0 Å². The molecule has 0 heterocycles. The molecule has 0 saturated heterocycles. The molecule has 0 spiro atoms. The normalized spacial score (nSPS) is 0. The van der Waals surface area contributed by atoms with Crippen LogP contribution < -0.4 is 0 Å². The van der Waals surface area contributed by atoms with E-state index in [2.05, 4.69) is 0 Å². The minimum absolute atomic E-state index is 0. The second-order valence-corrected chi connectivity index (χ2v) is 0. The fourth-order valence-corrected chi connectivity index (χ4v) is 0. The Morgan fingerprint density at radius 3 is 0.556 bits per heavy atom. The summed E-state index contributed by atoms with van der Waals surface area (Å²) in [7, 11) is 0. The molecule has 0 saturated carbocycles. The molecule has 0 fully saturated rings. The van der Waals surface area contributed by atoms with E-state index in [1.807, 2.05) is 0 Å². The maximum atomic E-state index is 0. The summed E-state index contributed by atoms with van der Waals surface area (Å²) in [6.45, 7) is 0. The van der Waals surface area contributed by atoms with Crippen LogP contribution in [0.25, 0.3) is 0 Å².